The summed E-state index contributed by atoms with van der Waals surface area (Å²) in [5.74, 6) is -3.49. The second-order valence-electron chi connectivity index (χ2n) is 5.09. The number of hydrogen-bond donors (Lipinski definition) is 1. The van der Waals surface area contributed by atoms with Crippen molar-refractivity contribution in [3.8, 4) is 0 Å². The van der Waals surface area contributed by atoms with Gasteiger partial charge in [-0.25, -0.2) is 13.6 Å². The molecule has 0 atom stereocenters. The fraction of sp³-hybridized carbons (Fsp3) is 0.429. The minimum absolute atomic E-state index is 0.567. The van der Waals surface area contributed by atoms with Crippen LogP contribution in [0.2, 0.25) is 0 Å². The molecule has 20 heavy (non-hydrogen) atoms. The third-order valence-electron chi connectivity index (χ3n) is 3.42. The fourth-order valence-corrected chi connectivity index (χ4v) is 2.29. The van der Waals surface area contributed by atoms with Crippen LogP contribution in [0.3, 0.4) is 0 Å². The number of halogens is 2. The first-order valence-corrected chi connectivity index (χ1v) is 6.37. The molecule has 4 nitrogen and oxygen atoms in total. The predicted molar refractivity (Wildman–Crippen MR) is 68.5 cm³/mol. The third kappa shape index (κ3) is 2.95. The quantitative estimate of drug-likeness (QED) is 0.682. The van der Waals surface area contributed by atoms with E-state index >= 15 is 0 Å². The number of rotatable bonds is 4. The van der Waals surface area contributed by atoms with Crippen LogP contribution in [0.15, 0.2) is 23.4 Å². The molecule has 0 spiro atoms. The van der Waals surface area contributed by atoms with Gasteiger partial charge in [0.1, 0.15) is 17.2 Å². The summed E-state index contributed by atoms with van der Waals surface area (Å²) in [6.07, 6.45) is 3.40. The number of hydrogen-bond acceptors (Lipinski definition) is 3. The van der Waals surface area contributed by atoms with Gasteiger partial charge in [0.05, 0.1) is 5.56 Å². The zero-order chi connectivity index (χ0) is 14.8. The van der Waals surface area contributed by atoms with Crippen molar-refractivity contribution >= 4 is 11.7 Å². The van der Waals surface area contributed by atoms with E-state index in [1.165, 1.54) is 0 Å². The zero-order valence-electron chi connectivity index (χ0n) is 11.0. The molecular weight excluding hydrogens is 268 g/mol. The van der Waals surface area contributed by atoms with Crippen molar-refractivity contribution in [2.45, 2.75) is 38.2 Å². The Morgan fingerprint density at radius 1 is 1.30 bits per heavy atom. The molecule has 0 bridgehead atoms. The van der Waals surface area contributed by atoms with E-state index in [1.807, 2.05) is 0 Å². The summed E-state index contributed by atoms with van der Waals surface area (Å²) in [5, 5.41) is 12.6. The highest BCUT2D eigenvalue weighted by Gasteiger charge is 2.32. The topological polar surface area (TPSA) is 58.9 Å². The Hall–Kier alpha value is -1.98. The maximum absolute atomic E-state index is 13.6. The van der Waals surface area contributed by atoms with E-state index in [9.17, 15) is 13.6 Å². The molecule has 0 heterocycles. The highest BCUT2D eigenvalue weighted by Crippen LogP contribution is 2.33. The Labute approximate surface area is 115 Å². The molecule has 0 amide bonds. The van der Waals surface area contributed by atoms with Crippen LogP contribution in [0.4, 0.5) is 8.78 Å². The molecule has 0 radical (unpaired) electrons. The molecular formula is C14H15F2NO3. The summed E-state index contributed by atoms with van der Waals surface area (Å²) >= 11 is 0. The van der Waals surface area contributed by atoms with E-state index in [4.69, 9.17) is 9.94 Å². The van der Waals surface area contributed by atoms with E-state index in [0.717, 1.165) is 43.9 Å². The van der Waals surface area contributed by atoms with Gasteiger partial charge in [-0.05, 0) is 44.7 Å². The molecule has 6 heteroatoms. The van der Waals surface area contributed by atoms with Crippen molar-refractivity contribution < 1.29 is 23.5 Å². The van der Waals surface area contributed by atoms with Crippen LogP contribution in [-0.4, -0.2) is 22.4 Å². The smallest absolute Gasteiger partial charge is 0.358 e. The van der Waals surface area contributed by atoms with Crippen LogP contribution >= 0.6 is 0 Å². The summed E-state index contributed by atoms with van der Waals surface area (Å²) in [5.41, 5.74) is -2.00. The van der Waals surface area contributed by atoms with Crippen LogP contribution in [0.25, 0.3) is 0 Å². The molecule has 1 saturated carbocycles. The first-order chi connectivity index (χ1) is 9.43. The van der Waals surface area contributed by atoms with Crippen LogP contribution in [0.5, 0.6) is 0 Å². The second-order valence-corrected chi connectivity index (χ2v) is 5.09. The molecule has 0 aliphatic heterocycles. The SMILES string of the molecule is CC1(ON=C(C(=O)O)c2c(F)cccc2F)CCCC1. The van der Waals surface area contributed by atoms with Crippen molar-refractivity contribution in [3.05, 3.63) is 35.4 Å². The van der Waals surface area contributed by atoms with Crippen LogP contribution in [0, 0.1) is 11.6 Å². The normalized spacial score (nSPS) is 18.1. The van der Waals surface area contributed by atoms with E-state index in [0.29, 0.717) is 0 Å². The lowest BCUT2D eigenvalue weighted by molar-refractivity contribution is -0.129. The molecule has 0 saturated heterocycles. The Morgan fingerprint density at radius 3 is 2.35 bits per heavy atom. The van der Waals surface area contributed by atoms with Crippen molar-refractivity contribution in [1.82, 2.24) is 0 Å². The summed E-state index contributed by atoms with van der Waals surface area (Å²) in [4.78, 5) is 16.4. The van der Waals surface area contributed by atoms with Gasteiger partial charge in [0, 0.05) is 0 Å². The molecule has 1 fully saturated rings. The predicted octanol–water partition coefficient (Wildman–Crippen LogP) is 3.10. The van der Waals surface area contributed by atoms with Gasteiger partial charge in [-0.2, -0.15) is 0 Å². The molecule has 0 unspecified atom stereocenters. The zero-order valence-corrected chi connectivity index (χ0v) is 11.0. The standard InChI is InChI=1S/C14H15F2NO3/c1-14(7-2-3-8-14)20-17-12(13(18)19)11-9(15)5-4-6-10(11)16/h4-6H,2-3,7-8H2,1H3,(H,18,19). The molecule has 1 N–H and O–H groups in total. The molecule has 108 valence electrons. The van der Waals surface area contributed by atoms with Crippen molar-refractivity contribution in [2.24, 2.45) is 5.16 Å². The maximum Gasteiger partial charge on any atom is 0.358 e. The van der Waals surface area contributed by atoms with Crippen molar-refractivity contribution in [1.29, 1.82) is 0 Å². The first kappa shape index (κ1) is 14.4. The average Bonchev–Trinajstić information content (AvgIpc) is 2.79. The molecule has 1 aromatic carbocycles. The first-order valence-electron chi connectivity index (χ1n) is 6.37. The average molecular weight is 283 g/mol. The second kappa shape index (κ2) is 5.56. The number of carboxylic acid groups (broad SMARTS) is 1. The Kier molecular flexibility index (Phi) is 4.01. The number of benzene rings is 1. The summed E-state index contributed by atoms with van der Waals surface area (Å²) < 4.78 is 27.2. The van der Waals surface area contributed by atoms with E-state index in [1.54, 1.807) is 6.92 Å². The van der Waals surface area contributed by atoms with Gasteiger partial charge in [-0.1, -0.05) is 11.2 Å². The number of aliphatic carboxylic acids is 1. The van der Waals surface area contributed by atoms with Gasteiger partial charge in [0.15, 0.2) is 0 Å². The van der Waals surface area contributed by atoms with Crippen molar-refractivity contribution in [3.63, 3.8) is 0 Å². The van der Waals surface area contributed by atoms with Crippen molar-refractivity contribution in [2.75, 3.05) is 0 Å². The highest BCUT2D eigenvalue weighted by atomic mass is 19.1. The van der Waals surface area contributed by atoms with Gasteiger partial charge in [0.2, 0.25) is 5.71 Å². The van der Waals surface area contributed by atoms with Crippen LogP contribution in [-0.2, 0) is 9.63 Å². The summed E-state index contributed by atoms with van der Waals surface area (Å²) in [6, 6.07) is 3.12. The Bertz CT molecular complexity index is 531. The largest absolute Gasteiger partial charge is 0.476 e. The van der Waals surface area contributed by atoms with Gasteiger partial charge < -0.3 is 9.94 Å². The van der Waals surface area contributed by atoms with E-state index in [-0.39, 0.29) is 0 Å². The van der Waals surface area contributed by atoms with Gasteiger partial charge >= 0.3 is 5.97 Å². The molecule has 1 aromatic rings. The molecule has 1 aliphatic rings. The van der Waals surface area contributed by atoms with E-state index in [2.05, 4.69) is 5.16 Å². The highest BCUT2D eigenvalue weighted by molar-refractivity contribution is 6.42. The number of nitrogens with zero attached hydrogens (tertiary/aromatic N) is 1. The number of carbonyl (C=O) groups is 1. The van der Waals surface area contributed by atoms with Crippen LogP contribution in [0.1, 0.15) is 38.2 Å². The lowest BCUT2D eigenvalue weighted by atomic mass is 10.1. The minimum Gasteiger partial charge on any atom is -0.476 e. The molecule has 0 aromatic heterocycles. The molecule has 1 aliphatic carbocycles. The Morgan fingerprint density at radius 2 is 1.85 bits per heavy atom. The molecule has 2 rings (SSSR count). The lowest BCUT2D eigenvalue weighted by Gasteiger charge is -2.21. The minimum atomic E-state index is -1.53. The third-order valence-corrected chi connectivity index (χ3v) is 3.42. The lowest BCUT2D eigenvalue weighted by Crippen LogP contribution is -2.25. The number of oxime groups is 1. The fourth-order valence-electron chi connectivity index (χ4n) is 2.29. The summed E-state index contributed by atoms with van der Waals surface area (Å²) in [7, 11) is 0. The van der Waals surface area contributed by atoms with Crippen LogP contribution < -0.4 is 0 Å². The van der Waals surface area contributed by atoms with Gasteiger partial charge in [0.25, 0.3) is 0 Å². The van der Waals surface area contributed by atoms with Gasteiger partial charge in [-0.3, -0.25) is 0 Å². The summed E-state index contributed by atoms with van der Waals surface area (Å²) in [6.45, 7) is 1.81. The Balaban J connectivity index is 2.34. The van der Waals surface area contributed by atoms with Gasteiger partial charge in [-0.15, -0.1) is 0 Å². The monoisotopic (exact) mass is 283 g/mol. The van der Waals surface area contributed by atoms with E-state index < -0.39 is 34.5 Å². The number of carboxylic acids is 1. The maximum atomic E-state index is 13.6.